The second kappa shape index (κ2) is 23.7. The fourth-order valence-corrected chi connectivity index (χ4v) is 12.7. The number of piperazine rings is 1. The summed E-state index contributed by atoms with van der Waals surface area (Å²) in [4.78, 5) is 43.4. The molecule has 6 atom stereocenters. The minimum absolute atomic E-state index is 0.0557. The van der Waals surface area contributed by atoms with Crippen LogP contribution in [-0.2, 0) is 19.1 Å². The number of carbonyl (C=O) groups excluding carboxylic acids is 2. The standard InChI is InChI=1S/C59H74N12O8/c1-36(2)56(59(75)70-35-43(72)27-51(70)58(74)63-37(3)39-10-8-38(32-60)9-11-39)53-31-54(66-79-53)68-22-17-44(18-23-68)76-25-24-67-20-15-45(16-21-67)77-46-28-47(29-46)78-55-26-40(14-19-62-55)71-41-12-13-42(71)34-69(33-41)50-30-49(64-65-57(50)61)48-6-4-5-7-52(48)73/h4-11,14,19,26,30-31,36-37,41-47,51,56,72-73H,12-13,15-18,20-25,27-29,33-35H2,1-3H3,(H2,61,65)(H,63,74)/t37-,41?,42?,43+,46?,47?,51-,56-/m0/s1. The number of aromatic nitrogens is 4. The fourth-order valence-electron chi connectivity index (χ4n) is 12.7. The number of hydrogen-bond acceptors (Lipinski definition) is 18. The molecule has 418 valence electrons. The van der Waals surface area contributed by atoms with Gasteiger partial charge in [-0.05, 0) is 93.3 Å². The molecule has 20 heteroatoms. The molecule has 6 aliphatic rings. The van der Waals surface area contributed by atoms with Crippen molar-refractivity contribution in [3.8, 4) is 29.0 Å². The number of benzene rings is 2. The lowest BCUT2D eigenvalue weighted by atomic mass is 9.91. The number of hydrogen-bond donors (Lipinski definition) is 4. The van der Waals surface area contributed by atoms with Gasteiger partial charge in [-0.3, -0.25) is 9.59 Å². The van der Waals surface area contributed by atoms with Crippen LogP contribution in [0.1, 0.15) is 107 Å². The van der Waals surface area contributed by atoms with Crippen LogP contribution in [-0.4, -0.2) is 160 Å². The highest BCUT2D eigenvalue weighted by atomic mass is 16.5. The molecule has 2 aromatic carbocycles. The van der Waals surface area contributed by atoms with E-state index in [1.54, 1.807) is 36.4 Å². The summed E-state index contributed by atoms with van der Waals surface area (Å²) >= 11 is 0. The Morgan fingerprint density at radius 1 is 0.848 bits per heavy atom. The predicted octanol–water partition coefficient (Wildman–Crippen LogP) is 6.20. The second-order valence-electron chi connectivity index (χ2n) is 22.8. The zero-order valence-electron chi connectivity index (χ0n) is 45.5. The molecule has 6 fully saturated rings. The number of nitrogens with two attached hydrogens (primary N) is 1. The molecule has 3 aromatic heterocycles. The lowest BCUT2D eigenvalue weighted by Crippen LogP contribution is -2.54. The van der Waals surface area contributed by atoms with Crippen LogP contribution in [0.5, 0.6) is 11.6 Å². The van der Waals surface area contributed by atoms with Crippen molar-refractivity contribution in [2.75, 3.05) is 79.4 Å². The molecule has 1 saturated carbocycles. The van der Waals surface area contributed by atoms with Gasteiger partial charge in [0.05, 0.1) is 60.1 Å². The van der Waals surface area contributed by atoms with E-state index in [0.717, 1.165) is 114 Å². The topological polar surface area (TPSA) is 245 Å². The van der Waals surface area contributed by atoms with Gasteiger partial charge in [-0.15, -0.1) is 10.2 Å². The van der Waals surface area contributed by atoms with Gasteiger partial charge in [-0.2, -0.15) is 5.26 Å². The molecule has 79 heavy (non-hydrogen) atoms. The third-order valence-corrected chi connectivity index (χ3v) is 17.1. The van der Waals surface area contributed by atoms with Gasteiger partial charge < -0.3 is 64.5 Å². The number of anilines is 4. The minimum atomic E-state index is -0.833. The van der Waals surface area contributed by atoms with Gasteiger partial charge in [0.15, 0.2) is 17.4 Å². The van der Waals surface area contributed by atoms with Gasteiger partial charge in [-0.1, -0.05) is 43.3 Å². The number of aromatic hydroxyl groups is 1. The molecule has 1 aliphatic carbocycles. The number of piperidine rings is 2. The maximum atomic E-state index is 14.2. The van der Waals surface area contributed by atoms with E-state index < -0.39 is 18.1 Å². The van der Waals surface area contributed by atoms with Crippen LogP contribution in [0.2, 0.25) is 0 Å². The number of pyridine rings is 1. The van der Waals surface area contributed by atoms with Crippen molar-refractivity contribution >= 4 is 34.8 Å². The Morgan fingerprint density at radius 2 is 1.58 bits per heavy atom. The Bertz CT molecular complexity index is 2940. The van der Waals surface area contributed by atoms with Crippen LogP contribution in [0, 0.1) is 17.2 Å². The summed E-state index contributed by atoms with van der Waals surface area (Å²) in [6, 6.07) is 23.6. The maximum Gasteiger partial charge on any atom is 0.243 e. The van der Waals surface area contributed by atoms with E-state index in [0.29, 0.717) is 58.8 Å². The van der Waals surface area contributed by atoms with Crippen molar-refractivity contribution in [1.29, 1.82) is 5.26 Å². The number of carbonyl (C=O) groups is 2. The summed E-state index contributed by atoms with van der Waals surface area (Å²) in [6.45, 7) is 12.4. The van der Waals surface area contributed by atoms with Crippen LogP contribution in [0.3, 0.4) is 0 Å². The van der Waals surface area contributed by atoms with Gasteiger partial charge in [-0.25, -0.2) is 4.98 Å². The molecule has 2 unspecified atom stereocenters. The molecule has 20 nitrogen and oxygen atoms in total. The molecule has 8 heterocycles. The predicted molar refractivity (Wildman–Crippen MR) is 296 cm³/mol. The van der Waals surface area contributed by atoms with E-state index in [4.69, 9.17) is 29.7 Å². The number of ether oxygens (including phenoxy) is 3. The third-order valence-electron chi connectivity index (χ3n) is 17.1. The Balaban J connectivity index is 0.577. The molecule has 5 saturated heterocycles. The molecule has 5 aliphatic heterocycles. The number of nitrogens with one attached hydrogen (secondary N) is 1. The number of para-hydroxylation sites is 1. The summed E-state index contributed by atoms with van der Waals surface area (Å²) in [5, 5.41) is 46.3. The molecule has 2 bridgehead atoms. The van der Waals surface area contributed by atoms with Crippen molar-refractivity contribution in [3.05, 3.63) is 95.9 Å². The SMILES string of the molecule is CC(C)[C@H](C(=O)N1C[C@H](O)C[C@H]1C(=O)N[C@@H](C)c1ccc(C#N)cc1)c1cc(N2CCC(OCCN3CCC(OC4CC(Oc5cc(N6C7CCC6CN(c6cc(-c8ccccc8O)nnc6N)C7)ccn5)C4)CC3)CC2)no1. The first-order chi connectivity index (χ1) is 38.3. The van der Waals surface area contributed by atoms with Crippen LogP contribution in [0.4, 0.5) is 23.0 Å². The van der Waals surface area contributed by atoms with Crippen molar-refractivity contribution in [3.63, 3.8) is 0 Å². The molecule has 5 aromatic rings. The highest BCUT2D eigenvalue weighted by Crippen LogP contribution is 2.41. The van der Waals surface area contributed by atoms with Gasteiger partial charge in [0.25, 0.3) is 0 Å². The maximum absolute atomic E-state index is 14.2. The number of aliphatic hydroxyl groups is 1. The number of nitrogens with zero attached hydrogens (tertiary/aromatic N) is 10. The molecule has 2 amide bonds. The summed E-state index contributed by atoms with van der Waals surface area (Å²) in [5.74, 6) is 0.882. The highest BCUT2D eigenvalue weighted by molar-refractivity contribution is 5.91. The zero-order valence-corrected chi connectivity index (χ0v) is 45.5. The first-order valence-electron chi connectivity index (χ1n) is 28.4. The summed E-state index contributed by atoms with van der Waals surface area (Å²) < 4.78 is 25.3. The Morgan fingerprint density at radius 3 is 2.30 bits per heavy atom. The largest absolute Gasteiger partial charge is 0.507 e. The van der Waals surface area contributed by atoms with Crippen molar-refractivity contribution in [2.24, 2.45) is 5.92 Å². The lowest BCUT2D eigenvalue weighted by molar-refractivity contribution is -0.141. The minimum Gasteiger partial charge on any atom is -0.507 e. The van der Waals surface area contributed by atoms with E-state index in [-0.39, 0.29) is 66.9 Å². The number of aliphatic hydroxyl groups excluding tert-OH is 1. The number of β-amino-alcohol motifs (C(OH)–C–C–N with tert-alkyl or cyclic N) is 1. The van der Waals surface area contributed by atoms with E-state index >= 15 is 0 Å². The second-order valence-corrected chi connectivity index (χ2v) is 22.8. The van der Waals surface area contributed by atoms with E-state index in [1.807, 2.05) is 51.2 Å². The summed E-state index contributed by atoms with van der Waals surface area (Å²) in [7, 11) is 0. The smallest absolute Gasteiger partial charge is 0.243 e. The average molecular weight is 1080 g/mol. The fraction of sp³-hybridized carbons (Fsp3) is 0.542. The number of phenolic OH excluding ortho intramolecular Hbond substituents is 1. The monoisotopic (exact) mass is 1080 g/mol. The zero-order chi connectivity index (χ0) is 54.7. The van der Waals surface area contributed by atoms with Gasteiger partial charge >= 0.3 is 0 Å². The van der Waals surface area contributed by atoms with Crippen LogP contribution in [0.15, 0.2) is 83.5 Å². The van der Waals surface area contributed by atoms with Crippen LogP contribution in [0.25, 0.3) is 11.3 Å². The Hall–Kier alpha value is -7.05. The highest BCUT2D eigenvalue weighted by Gasteiger charge is 2.45. The molecule has 5 N–H and O–H groups in total. The number of nitriles is 1. The lowest BCUT2D eigenvalue weighted by Gasteiger charge is -2.43. The van der Waals surface area contributed by atoms with Gasteiger partial charge in [0, 0.05) is 113 Å². The van der Waals surface area contributed by atoms with E-state index in [2.05, 4.69) is 63.5 Å². The van der Waals surface area contributed by atoms with Crippen molar-refractivity contribution in [1.82, 2.24) is 35.5 Å². The van der Waals surface area contributed by atoms with Crippen LogP contribution >= 0.6 is 0 Å². The molecule has 0 spiro atoms. The average Bonchev–Trinajstić information content (AvgIpc) is 4.33. The third kappa shape index (κ3) is 12.1. The quantitative estimate of drug-likeness (QED) is 0.0763. The summed E-state index contributed by atoms with van der Waals surface area (Å²) in [6.07, 6.45) is 9.43. The number of phenols is 1. The van der Waals surface area contributed by atoms with Crippen molar-refractivity contribution < 1.29 is 38.5 Å². The normalized spacial score (nSPS) is 24.6. The first-order valence-corrected chi connectivity index (χ1v) is 28.4. The molecular formula is C59H74N12O8. The van der Waals surface area contributed by atoms with Crippen LogP contribution < -0.4 is 30.5 Å². The van der Waals surface area contributed by atoms with E-state index in [1.165, 1.54) is 4.90 Å². The number of nitrogen functional groups attached to an aromatic ring is 1. The number of rotatable bonds is 18. The Kier molecular flexibility index (Phi) is 16.2. The van der Waals surface area contributed by atoms with Gasteiger partial charge in [0.2, 0.25) is 17.7 Å². The number of fused-ring (bicyclic) bond motifs is 2. The molecular weight excluding hydrogens is 1000 g/mol. The molecule has 11 rings (SSSR count). The first kappa shape index (κ1) is 53.9. The number of amides is 2. The summed E-state index contributed by atoms with van der Waals surface area (Å²) in [5.41, 5.74) is 11.0. The van der Waals surface area contributed by atoms with Gasteiger partial charge in [0.1, 0.15) is 23.8 Å². The van der Waals surface area contributed by atoms with Crippen molar-refractivity contribution in [2.45, 2.75) is 139 Å². The molecule has 0 radical (unpaired) electrons. The number of likely N-dealkylation sites (tertiary alicyclic amines) is 2. The Labute approximate surface area is 461 Å². The van der Waals surface area contributed by atoms with E-state index in [9.17, 15) is 19.8 Å².